The number of primary amides is 1. The van der Waals surface area contributed by atoms with Crippen molar-refractivity contribution in [3.05, 3.63) is 24.3 Å². The van der Waals surface area contributed by atoms with Gasteiger partial charge in [-0.15, -0.1) is 0 Å². The van der Waals surface area contributed by atoms with Crippen molar-refractivity contribution in [1.29, 1.82) is 0 Å². The Bertz CT molecular complexity index is 596. The number of benzene rings is 1. The van der Waals surface area contributed by atoms with Crippen molar-refractivity contribution in [2.75, 3.05) is 26.3 Å². The topological polar surface area (TPSA) is 81.9 Å². The van der Waals surface area contributed by atoms with Crippen molar-refractivity contribution in [2.45, 2.75) is 31.9 Å². The van der Waals surface area contributed by atoms with Crippen LogP contribution in [0, 0.1) is 0 Å². The first-order chi connectivity index (χ1) is 11.5. The summed E-state index contributed by atoms with van der Waals surface area (Å²) in [6, 6.07) is 7.32. The Balaban J connectivity index is 1.75. The lowest BCUT2D eigenvalue weighted by molar-refractivity contribution is -0.133. The number of nitrogens with zero attached hydrogens (tertiary/aromatic N) is 1. The van der Waals surface area contributed by atoms with Gasteiger partial charge < -0.3 is 20.1 Å². The van der Waals surface area contributed by atoms with E-state index in [4.69, 9.17) is 15.2 Å². The van der Waals surface area contributed by atoms with Crippen molar-refractivity contribution in [3.8, 4) is 11.5 Å². The maximum Gasteiger partial charge on any atom is 0.257 e. The van der Waals surface area contributed by atoms with E-state index in [1.54, 1.807) is 6.07 Å². The van der Waals surface area contributed by atoms with Gasteiger partial charge in [0.15, 0.2) is 11.5 Å². The summed E-state index contributed by atoms with van der Waals surface area (Å²) in [4.78, 5) is 24.5. The zero-order chi connectivity index (χ0) is 17.6. The lowest BCUT2D eigenvalue weighted by Crippen LogP contribution is -2.43. The molecule has 2 amide bonds. The van der Waals surface area contributed by atoms with Crippen LogP contribution in [0.3, 0.4) is 0 Å². The number of carbonyl (C=O) groups is 2. The molecule has 1 fully saturated rings. The first-order valence-electron chi connectivity index (χ1n) is 8.07. The second-order valence-corrected chi connectivity index (χ2v) is 5.73. The Morgan fingerprint density at radius 1 is 1.29 bits per heavy atom. The molecule has 1 heterocycles. The number of halogens is 1. The Morgan fingerprint density at radius 3 is 2.54 bits per heavy atom. The maximum atomic E-state index is 14.1. The molecule has 1 atom stereocenters. The molecule has 132 valence electrons. The summed E-state index contributed by atoms with van der Waals surface area (Å²) in [7, 11) is 0. The number of rotatable bonds is 8. The first kappa shape index (κ1) is 18.0. The van der Waals surface area contributed by atoms with Crippen LogP contribution >= 0.6 is 0 Å². The maximum absolute atomic E-state index is 14.1. The number of nitrogens with two attached hydrogens (primary N) is 1. The lowest BCUT2D eigenvalue weighted by atomic mass is 10.1. The number of para-hydroxylation sites is 2. The summed E-state index contributed by atoms with van der Waals surface area (Å²) >= 11 is 0. The SMILES string of the molecule is CCOc1ccccc1OCCCC(=O)N1CCC(F)(C(N)=O)C1. The fourth-order valence-corrected chi connectivity index (χ4v) is 2.59. The highest BCUT2D eigenvalue weighted by Crippen LogP contribution is 2.27. The fourth-order valence-electron chi connectivity index (χ4n) is 2.59. The van der Waals surface area contributed by atoms with E-state index in [0.29, 0.717) is 31.1 Å². The summed E-state index contributed by atoms with van der Waals surface area (Å²) in [6.07, 6.45) is 0.684. The van der Waals surface area contributed by atoms with Gasteiger partial charge in [-0.05, 0) is 25.5 Å². The minimum atomic E-state index is -2.09. The molecule has 0 aliphatic carbocycles. The van der Waals surface area contributed by atoms with E-state index < -0.39 is 11.6 Å². The summed E-state index contributed by atoms with van der Waals surface area (Å²) < 4.78 is 25.2. The molecule has 6 nitrogen and oxygen atoms in total. The molecule has 1 aromatic rings. The second kappa shape index (κ2) is 7.99. The van der Waals surface area contributed by atoms with Crippen LogP contribution in [0.2, 0.25) is 0 Å². The van der Waals surface area contributed by atoms with Gasteiger partial charge in [0.05, 0.1) is 19.8 Å². The van der Waals surface area contributed by atoms with Crippen LogP contribution < -0.4 is 15.2 Å². The van der Waals surface area contributed by atoms with E-state index in [1.165, 1.54) is 4.90 Å². The Labute approximate surface area is 140 Å². The van der Waals surface area contributed by atoms with Crippen molar-refractivity contribution in [2.24, 2.45) is 5.73 Å². The van der Waals surface area contributed by atoms with Gasteiger partial charge in [-0.25, -0.2) is 4.39 Å². The highest BCUT2D eigenvalue weighted by molar-refractivity contribution is 5.86. The Hall–Kier alpha value is -2.31. The van der Waals surface area contributed by atoms with Crippen LogP contribution in [-0.2, 0) is 9.59 Å². The second-order valence-electron chi connectivity index (χ2n) is 5.73. The first-order valence-corrected chi connectivity index (χ1v) is 8.07. The van der Waals surface area contributed by atoms with Gasteiger partial charge in [-0.2, -0.15) is 0 Å². The van der Waals surface area contributed by atoms with Crippen LogP contribution in [0.1, 0.15) is 26.2 Å². The summed E-state index contributed by atoms with van der Waals surface area (Å²) in [5.41, 5.74) is 2.94. The van der Waals surface area contributed by atoms with Crippen LogP contribution in [-0.4, -0.2) is 48.7 Å². The molecule has 2 N–H and O–H groups in total. The number of carbonyl (C=O) groups excluding carboxylic acids is 2. The smallest absolute Gasteiger partial charge is 0.257 e. The number of alkyl halides is 1. The number of amides is 2. The minimum Gasteiger partial charge on any atom is -0.490 e. The average Bonchev–Trinajstić information content (AvgIpc) is 2.97. The zero-order valence-electron chi connectivity index (χ0n) is 13.8. The minimum absolute atomic E-state index is 0.0354. The zero-order valence-corrected chi connectivity index (χ0v) is 13.8. The van der Waals surface area contributed by atoms with Crippen molar-refractivity contribution >= 4 is 11.8 Å². The molecule has 1 unspecified atom stereocenters. The number of ether oxygens (including phenoxy) is 2. The normalized spacial score (nSPS) is 20.0. The highest BCUT2D eigenvalue weighted by Gasteiger charge is 2.45. The molecular weight excluding hydrogens is 315 g/mol. The van der Waals surface area contributed by atoms with E-state index in [9.17, 15) is 14.0 Å². The van der Waals surface area contributed by atoms with Gasteiger partial charge in [0, 0.05) is 19.4 Å². The summed E-state index contributed by atoms with van der Waals surface area (Å²) in [5, 5.41) is 0. The van der Waals surface area contributed by atoms with Crippen LogP contribution in [0.15, 0.2) is 24.3 Å². The van der Waals surface area contributed by atoms with Crippen LogP contribution in [0.4, 0.5) is 4.39 Å². The predicted molar refractivity (Wildman–Crippen MR) is 86.6 cm³/mol. The van der Waals surface area contributed by atoms with Gasteiger partial charge in [-0.1, -0.05) is 12.1 Å². The third-order valence-corrected chi connectivity index (χ3v) is 3.96. The van der Waals surface area contributed by atoms with E-state index >= 15 is 0 Å². The molecule has 0 saturated carbocycles. The average molecular weight is 338 g/mol. The molecule has 0 spiro atoms. The molecule has 1 aliphatic heterocycles. The third-order valence-electron chi connectivity index (χ3n) is 3.96. The van der Waals surface area contributed by atoms with Crippen LogP contribution in [0.25, 0.3) is 0 Å². The predicted octanol–water partition coefficient (Wildman–Crippen LogP) is 1.67. The molecular formula is C17H23FN2O4. The van der Waals surface area contributed by atoms with Gasteiger partial charge >= 0.3 is 0 Å². The van der Waals surface area contributed by atoms with Gasteiger partial charge in [-0.3, -0.25) is 9.59 Å². The number of likely N-dealkylation sites (tertiary alicyclic amines) is 1. The van der Waals surface area contributed by atoms with E-state index in [-0.39, 0.29) is 31.8 Å². The van der Waals surface area contributed by atoms with Gasteiger partial charge in [0.1, 0.15) is 0 Å². The molecule has 1 saturated heterocycles. The van der Waals surface area contributed by atoms with Gasteiger partial charge in [0.2, 0.25) is 11.6 Å². The van der Waals surface area contributed by atoms with Crippen molar-refractivity contribution < 1.29 is 23.5 Å². The molecule has 1 aromatic carbocycles. The summed E-state index contributed by atoms with van der Waals surface area (Å²) in [6.45, 7) is 2.74. The van der Waals surface area contributed by atoms with E-state index in [0.717, 1.165) is 0 Å². The fraction of sp³-hybridized carbons (Fsp3) is 0.529. The standard InChI is InChI=1S/C17H23FN2O4/c1-2-23-13-6-3-4-7-14(13)24-11-5-8-15(21)20-10-9-17(18,12-20)16(19)22/h3-4,6-7H,2,5,8-12H2,1H3,(H2,19,22). The molecule has 0 radical (unpaired) electrons. The molecule has 2 rings (SSSR count). The molecule has 0 bridgehead atoms. The lowest BCUT2D eigenvalue weighted by Gasteiger charge is -2.18. The largest absolute Gasteiger partial charge is 0.490 e. The van der Waals surface area contributed by atoms with Crippen molar-refractivity contribution in [1.82, 2.24) is 4.90 Å². The molecule has 7 heteroatoms. The van der Waals surface area contributed by atoms with Crippen LogP contribution in [0.5, 0.6) is 11.5 Å². The summed E-state index contributed by atoms with van der Waals surface area (Å²) in [5.74, 6) is 0.0881. The Morgan fingerprint density at radius 2 is 1.96 bits per heavy atom. The molecule has 1 aliphatic rings. The van der Waals surface area contributed by atoms with E-state index in [2.05, 4.69) is 0 Å². The quantitative estimate of drug-likeness (QED) is 0.731. The highest BCUT2D eigenvalue weighted by atomic mass is 19.1. The van der Waals surface area contributed by atoms with Crippen molar-refractivity contribution in [3.63, 3.8) is 0 Å². The molecule has 0 aromatic heterocycles. The number of hydrogen-bond donors (Lipinski definition) is 1. The monoisotopic (exact) mass is 338 g/mol. The van der Waals surface area contributed by atoms with E-state index in [1.807, 2.05) is 25.1 Å². The third kappa shape index (κ3) is 4.37. The number of hydrogen-bond acceptors (Lipinski definition) is 4. The Kier molecular flexibility index (Phi) is 6.00. The molecule has 24 heavy (non-hydrogen) atoms. The van der Waals surface area contributed by atoms with Gasteiger partial charge in [0.25, 0.3) is 5.91 Å².